The Morgan fingerprint density at radius 1 is 1.10 bits per heavy atom. The Morgan fingerprint density at radius 3 is 2.05 bits per heavy atom. The SMILES string of the molecule is COC(N)c1cccc(C(N)OC)c1-c1nc(N)n[nH]1. The summed E-state index contributed by atoms with van der Waals surface area (Å²) in [5, 5.41) is 6.58. The zero-order valence-corrected chi connectivity index (χ0v) is 11.3. The number of nitrogen functional groups attached to an aromatic ring is 1. The van der Waals surface area contributed by atoms with Gasteiger partial charge in [-0.25, -0.2) is 0 Å². The summed E-state index contributed by atoms with van der Waals surface area (Å²) in [7, 11) is 3.04. The molecule has 2 rings (SSSR count). The molecule has 0 fully saturated rings. The molecule has 0 bridgehead atoms. The summed E-state index contributed by atoms with van der Waals surface area (Å²) in [5.74, 6) is 0.603. The number of nitrogens with two attached hydrogens (primary N) is 3. The fourth-order valence-electron chi connectivity index (χ4n) is 1.98. The first-order chi connectivity index (χ1) is 9.58. The third-order valence-corrected chi connectivity index (χ3v) is 2.99. The predicted octanol–water partition coefficient (Wildman–Crippen LogP) is 0.261. The lowest BCUT2D eigenvalue weighted by atomic mass is 9.98. The number of ether oxygens (including phenoxy) is 2. The normalized spacial score (nSPS) is 14.2. The number of aromatic amines is 1. The first kappa shape index (κ1) is 14.4. The van der Waals surface area contributed by atoms with E-state index in [-0.39, 0.29) is 5.95 Å². The maximum absolute atomic E-state index is 5.95. The predicted molar refractivity (Wildman–Crippen MR) is 74.1 cm³/mol. The van der Waals surface area contributed by atoms with Crippen molar-refractivity contribution < 1.29 is 9.47 Å². The van der Waals surface area contributed by atoms with E-state index in [9.17, 15) is 0 Å². The zero-order chi connectivity index (χ0) is 14.7. The Balaban J connectivity index is 2.64. The second-order valence-corrected chi connectivity index (χ2v) is 4.17. The Hall–Kier alpha value is -2.00. The van der Waals surface area contributed by atoms with Crippen LogP contribution < -0.4 is 17.2 Å². The number of methoxy groups -OCH3 is 2. The van der Waals surface area contributed by atoms with E-state index in [1.165, 1.54) is 14.2 Å². The van der Waals surface area contributed by atoms with Gasteiger partial charge in [-0.1, -0.05) is 18.2 Å². The standard InChI is InChI=1S/C12H18N6O2/c1-19-9(13)6-4-3-5-7(10(14)20-2)8(6)11-16-12(15)18-17-11/h3-5,9-10H,13-14H2,1-2H3,(H3,15,16,17,18). The first-order valence-corrected chi connectivity index (χ1v) is 5.96. The zero-order valence-electron chi connectivity index (χ0n) is 11.3. The van der Waals surface area contributed by atoms with Crippen molar-refractivity contribution in [2.24, 2.45) is 11.5 Å². The second kappa shape index (κ2) is 5.97. The van der Waals surface area contributed by atoms with Crippen LogP contribution in [-0.4, -0.2) is 29.4 Å². The third-order valence-electron chi connectivity index (χ3n) is 2.99. The Bertz CT molecular complexity index is 557. The molecule has 0 saturated carbocycles. The van der Waals surface area contributed by atoms with Gasteiger partial charge in [0, 0.05) is 30.9 Å². The molecule has 8 heteroatoms. The molecule has 1 aromatic heterocycles. The van der Waals surface area contributed by atoms with Crippen molar-refractivity contribution in [2.75, 3.05) is 20.0 Å². The molecule has 0 radical (unpaired) electrons. The molecule has 0 saturated heterocycles. The lowest BCUT2D eigenvalue weighted by Crippen LogP contribution is -2.18. The molecule has 0 aliphatic rings. The average Bonchev–Trinajstić information content (AvgIpc) is 2.91. The fourth-order valence-corrected chi connectivity index (χ4v) is 1.98. The molecule has 1 aromatic carbocycles. The summed E-state index contributed by atoms with van der Waals surface area (Å²) in [6, 6.07) is 5.48. The highest BCUT2D eigenvalue weighted by molar-refractivity contribution is 5.66. The van der Waals surface area contributed by atoms with E-state index in [1.807, 2.05) is 18.2 Å². The summed E-state index contributed by atoms with van der Waals surface area (Å²) < 4.78 is 10.4. The number of rotatable bonds is 5. The molecule has 0 amide bonds. The quantitative estimate of drug-likeness (QED) is 0.575. The number of H-pyrrole nitrogens is 1. The van der Waals surface area contributed by atoms with Gasteiger partial charge in [-0.3, -0.25) is 5.10 Å². The van der Waals surface area contributed by atoms with Crippen LogP contribution in [0.1, 0.15) is 23.6 Å². The molecule has 2 unspecified atom stereocenters. The minimum absolute atomic E-state index is 0.137. The molecule has 1 heterocycles. The molecule has 108 valence electrons. The van der Waals surface area contributed by atoms with Gasteiger partial charge in [-0.15, -0.1) is 5.10 Å². The van der Waals surface area contributed by atoms with Crippen molar-refractivity contribution in [1.29, 1.82) is 0 Å². The minimum Gasteiger partial charge on any atom is -0.366 e. The third kappa shape index (κ3) is 2.63. The molecule has 0 aliphatic carbocycles. The minimum atomic E-state index is -0.625. The van der Waals surface area contributed by atoms with Crippen molar-refractivity contribution in [3.63, 3.8) is 0 Å². The summed E-state index contributed by atoms with van der Waals surface area (Å²) in [6.07, 6.45) is -1.25. The highest BCUT2D eigenvalue weighted by atomic mass is 16.5. The topological polar surface area (TPSA) is 138 Å². The maximum atomic E-state index is 5.95. The van der Waals surface area contributed by atoms with Crippen LogP contribution in [-0.2, 0) is 9.47 Å². The van der Waals surface area contributed by atoms with Crippen molar-refractivity contribution in [3.8, 4) is 11.4 Å². The smallest absolute Gasteiger partial charge is 0.239 e. The van der Waals surface area contributed by atoms with Crippen LogP contribution in [0.3, 0.4) is 0 Å². The molecule has 2 atom stereocenters. The van der Waals surface area contributed by atoms with E-state index < -0.39 is 12.5 Å². The summed E-state index contributed by atoms with van der Waals surface area (Å²) in [4.78, 5) is 4.12. The van der Waals surface area contributed by atoms with Gasteiger partial charge in [-0.05, 0) is 0 Å². The fraction of sp³-hybridized carbons (Fsp3) is 0.333. The van der Waals surface area contributed by atoms with Gasteiger partial charge in [0.05, 0.1) is 0 Å². The molecular weight excluding hydrogens is 260 g/mol. The number of benzene rings is 1. The number of aromatic nitrogens is 3. The molecule has 2 aromatic rings. The van der Waals surface area contributed by atoms with Gasteiger partial charge in [0.1, 0.15) is 12.5 Å². The Labute approximate surface area is 116 Å². The number of nitrogens with one attached hydrogen (secondary N) is 1. The van der Waals surface area contributed by atoms with Crippen molar-refractivity contribution >= 4 is 5.95 Å². The summed E-state index contributed by atoms with van der Waals surface area (Å²) >= 11 is 0. The molecule has 7 N–H and O–H groups in total. The summed E-state index contributed by atoms with van der Waals surface area (Å²) in [6.45, 7) is 0. The van der Waals surface area contributed by atoms with Crippen molar-refractivity contribution in [2.45, 2.75) is 12.5 Å². The van der Waals surface area contributed by atoms with Crippen molar-refractivity contribution in [1.82, 2.24) is 15.2 Å². The second-order valence-electron chi connectivity index (χ2n) is 4.17. The number of hydrogen-bond donors (Lipinski definition) is 4. The molecule has 20 heavy (non-hydrogen) atoms. The van der Waals surface area contributed by atoms with Gasteiger partial charge < -0.3 is 26.7 Å². The number of anilines is 1. The molecular formula is C12H18N6O2. The molecule has 0 spiro atoms. The van der Waals surface area contributed by atoms with Gasteiger partial charge in [-0.2, -0.15) is 4.98 Å². The highest BCUT2D eigenvalue weighted by Gasteiger charge is 2.21. The first-order valence-electron chi connectivity index (χ1n) is 5.96. The van der Waals surface area contributed by atoms with E-state index in [4.69, 9.17) is 26.7 Å². The van der Waals surface area contributed by atoms with E-state index >= 15 is 0 Å². The lowest BCUT2D eigenvalue weighted by Gasteiger charge is -2.19. The van der Waals surface area contributed by atoms with E-state index in [2.05, 4.69) is 15.2 Å². The Morgan fingerprint density at radius 2 is 1.65 bits per heavy atom. The van der Waals surface area contributed by atoms with Crippen LogP contribution in [0.2, 0.25) is 0 Å². The van der Waals surface area contributed by atoms with Gasteiger partial charge in [0.2, 0.25) is 5.95 Å². The van der Waals surface area contributed by atoms with Crippen LogP contribution >= 0.6 is 0 Å². The van der Waals surface area contributed by atoms with Crippen molar-refractivity contribution in [3.05, 3.63) is 29.3 Å². The molecule has 8 nitrogen and oxygen atoms in total. The van der Waals surface area contributed by atoms with E-state index in [0.717, 1.165) is 0 Å². The van der Waals surface area contributed by atoms with Crippen LogP contribution in [0.5, 0.6) is 0 Å². The average molecular weight is 278 g/mol. The van der Waals surface area contributed by atoms with Gasteiger partial charge in [0.25, 0.3) is 0 Å². The maximum Gasteiger partial charge on any atom is 0.239 e. The summed E-state index contributed by atoms with van der Waals surface area (Å²) in [5.41, 5.74) is 19.6. The van der Waals surface area contributed by atoms with Crippen LogP contribution in [0.4, 0.5) is 5.95 Å². The lowest BCUT2D eigenvalue weighted by molar-refractivity contribution is 0.105. The van der Waals surface area contributed by atoms with Gasteiger partial charge >= 0.3 is 0 Å². The monoisotopic (exact) mass is 278 g/mol. The Kier molecular flexibility index (Phi) is 4.30. The van der Waals surface area contributed by atoms with E-state index in [1.54, 1.807) is 0 Å². The van der Waals surface area contributed by atoms with Crippen LogP contribution in [0.15, 0.2) is 18.2 Å². The van der Waals surface area contributed by atoms with Gasteiger partial charge in [0.15, 0.2) is 5.82 Å². The number of nitrogens with zero attached hydrogens (tertiary/aromatic N) is 2. The highest BCUT2D eigenvalue weighted by Crippen LogP contribution is 2.32. The number of hydrogen-bond acceptors (Lipinski definition) is 7. The van der Waals surface area contributed by atoms with Crippen LogP contribution in [0.25, 0.3) is 11.4 Å². The largest absolute Gasteiger partial charge is 0.366 e. The van der Waals surface area contributed by atoms with E-state index in [0.29, 0.717) is 22.5 Å². The molecule has 0 aliphatic heterocycles. The van der Waals surface area contributed by atoms with Crippen LogP contribution in [0, 0.1) is 0 Å².